The number of rotatable bonds is 3. The number of aryl methyl sites for hydroxylation is 1. The molecule has 0 N–H and O–H groups in total. The van der Waals surface area contributed by atoms with Gasteiger partial charge in [0.05, 0.1) is 18.2 Å². The summed E-state index contributed by atoms with van der Waals surface area (Å²) in [5, 5.41) is 0.230. The van der Waals surface area contributed by atoms with Crippen molar-refractivity contribution in [2.24, 2.45) is 0 Å². The number of benzene rings is 2. The van der Waals surface area contributed by atoms with Crippen LogP contribution in [0.25, 0.3) is 0 Å². The Hall–Kier alpha value is -1.92. The standard InChI is InChI=1S/C16H15ClO5S/c1-11-3-5-13(17)15(9-11)22-23(18,19)12-4-6-14-16(10-12)21-8-2-7-20-14/h3-6,9-10H,2,7-8H2,1H3. The molecule has 0 saturated carbocycles. The molecule has 0 saturated heterocycles. The van der Waals surface area contributed by atoms with E-state index in [0.29, 0.717) is 24.7 Å². The van der Waals surface area contributed by atoms with Gasteiger partial charge in [-0.2, -0.15) is 8.42 Å². The molecule has 5 nitrogen and oxygen atoms in total. The average molecular weight is 355 g/mol. The van der Waals surface area contributed by atoms with Crippen molar-refractivity contribution in [2.45, 2.75) is 18.2 Å². The molecule has 1 aliphatic rings. The molecule has 23 heavy (non-hydrogen) atoms. The van der Waals surface area contributed by atoms with Crippen molar-refractivity contribution < 1.29 is 22.1 Å². The number of ether oxygens (including phenoxy) is 2. The molecule has 0 bridgehead atoms. The van der Waals surface area contributed by atoms with Crippen molar-refractivity contribution in [3.8, 4) is 17.2 Å². The molecule has 2 aromatic rings. The molecule has 0 aliphatic carbocycles. The van der Waals surface area contributed by atoms with E-state index in [2.05, 4.69) is 0 Å². The summed E-state index contributed by atoms with van der Waals surface area (Å²) < 4.78 is 41.1. The fourth-order valence-electron chi connectivity index (χ4n) is 2.14. The first-order valence-electron chi connectivity index (χ1n) is 7.06. The Balaban J connectivity index is 1.93. The zero-order valence-corrected chi connectivity index (χ0v) is 14.0. The molecule has 0 atom stereocenters. The molecule has 0 aromatic heterocycles. The van der Waals surface area contributed by atoms with Gasteiger partial charge in [-0.05, 0) is 36.8 Å². The van der Waals surface area contributed by atoms with Gasteiger partial charge >= 0.3 is 10.1 Å². The fourth-order valence-corrected chi connectivity index (χ4v) is 3.30. The summed E-state index contributed by atoms with van der Waals surface area (Å²) >= 11 is 5.99. The van der Waals surface area contributed by atoms with Gasteiger partial charge in [0.1, 0.15) is 4.90 Å². The quantitative estimate of drug-likeness (QED) is 0.788. The van der Waals surface area contributed by atoms with Gasteiger partial charge in [0, 0.05) is 12.5 Å². The van der Waals surface area contributed by atoms with Crippen molar-refractivity contribution in [3.63, 3.8) is 0 Å². The summed E-state index contributed by atoms with van der Waals surface area (Å²) in [4.78, 5) is -0.0145. The SMILES string of the molecule is Cc1ccc(Cl)c(OS(=O)(=O)c2ccc3c(c2)OCCCO3)c1. The predicted octanol–water partition coefficient (Wildman–Crippen LogP) is 3.58. The molecular formula is C16H15ClO5S. The number of hydrogen-bond donors (Lipinski definition) is 0. The third kappa shape index (κ3) is 3.54. The minimum atomic E-state index is -4.02. The topological polar surface area (TPSA) is 61.8 Å². The van der Waals surface area contributed by atoms with Gasteiger partial charge in [0.15, 0.2) is 17.2 Å². The highest BCUT2D eigenvalue weighted by Gasteiger charge is 2.21. The molecule has 1 heterocycles. The van der Waals surface area contributed by atoms with Crippen LogP contribution in [-0.2, 0) is 10.1 Å². The van der Waals surface area contributed by atoms with Crippen LogP contribution in [-0.4, -0.2) is 21.6 Å². The summed E-state index contributed by atoms with van der Waals surface area (Å²) in [6.07, 6.45) is 0.742. The highest BCUT2D eigenvalue weighted by molar-refractivity contribution is 7.87. The largest absolute Gasteiger partial charge is 0.490 e. The van der Waals surface area contributed by atoms with Gasteiger partial charge in [0.25, 0.3) is 0 Å². The second kappa shape index (κ2) is 6.29. The lowest BCUT2D eigenvalue weighted by molar-refractivity contribution is 0.296. The molecule has 0 spiro atoms. The van der Waals surface area contributed by atoms with E-state index < -0.39 is 10.1 Å². The molecule has 1 aliphatic heterocycles. The van der Waals surface area contributed by atoms with E-state index in [9.17, 15) is 8.42 Å². The zero-order valence-electron chi connectivity index (χ0n) is 12.4. The molecule has 0 radical (unpaired) electrons. The van der Waals surface area contributed by atoms with E-state index in [1.54, 1.807) is 24.3 Å². The Morgan fingerprint density at radius 2 is 1.78 bits per heavy atom. The molecule has 3 rings (SSSR count). The second-order valence-corrected chi connectivity index (χ2v) is 7.08. The number of halogens is 1. The molecule has 0 unspecified atom stereocenters. The lowest BCUT2D eigenvalue weighted by Crippen LogP contribution is -2.10. The lowest BCUT2D eigenvalue weighted by atomic mass is 10.2. The molecule has 122 valence electrons. The Morgan fingerprint density at radius 1 is 1.04 bits per heavy atom. The maximum Gasteiger partial charge on any atom is 0.339 e. The van der Waals surface area contributed by atoms with Crippen LogP contribution in [0.4, 0.5) is 0 Å². The van der Waals surface area contributed by atoms with Crippen LogP contribution in [0.3, 0.4) is 0 Å². The monoisotopic (exact) mass is 354 g/mol. The van der Waals surface area contributed by atoms with E-state index >= 15 is 0 Å². The van der Waals surface area contributed by atoms with Crippen LogP contribution >= 0.6 is 11.6 Å². The summed E-state index contributed by atoms with van der Waals surface area (Å²) in [5.41, 5.74) is 0.846. The minimum Gasteiger partial charge on any atom is -0.490 e. The summed E-state index contributed by atoms with van der Waals surface area (Å²) in [6, 6.07) is 9.33. The molecule has 0 amide bonds. The maximum atomic E-state index is 12.5. The van der Waals surface area contributed by atoms with Crippen LogP contribution in [0.1, 0.15) is 12.0 Å². The first-order valence-corrected chi connectivity index (χ1v) is 8.85. The van der Waals surface area contributed by atoms with Crippen molar-refractivity contribution in [3.05, 3.63) is 47.0 Å². The maximum absolute atomic E-state index is 12.5. The Kier molecular flexibility index (Phi) is 4.37. The van der Waals surface area contributed by atoms with Crippen LogP contribution in [0.15, 0.2) is 41.3 Å². The van der Waals surface area contributed by atoms with Crippen LogP contribution in [0.5, 0.6) is 17.2 Å². The van der Waals surface area contributed by atoms with Gasteiger partial charge in [-0.3, -0.25) is 0 Å². The summed E-state index contributed by atoms with van der Waals surface area (Å²) in [5.74, 6) is 1.01. The van der Waals surface area contributed by atoms with Crippen molar-refractivity contribution in [2.75, 3.05) is 13.2 Å². The van der Waals surface area contributed by atoms with Crippen LogP contribution in [0, 0.1) is 6.92 Å². The van der Waals surface area contributed by atoms with Gasteiger partial charge in [-0.25, -0.2) is 0 Å². The van der Waals surface area contributed by atoms with Crippen molar-refractivity contribution in [1.82, 2.24) is 0 Å². The summed E-state index contributed by atoms with van der Waals surface area (Å²) in [7, 11) is -4.02. The smallest absolute Gasteiger partial charge is 0.339 e. The van der Waals surface area contributed by atoms with Gasteiger partial charge < -0.3 is 13.7 Å². The number of fused-ring (bicyclic) bond motifs is 1. The molecule has 7 heteroatoms. The third-order valence-corrected chi connectivity index (χ3v) is 4.84. The molecule has 0 fully saturated rings. The van der Waals surface area contributed by atoms with Crippen molar-refractivity contribution in [1.29, 1.82) is 0 Å². The predicted molar refractivity (Wildman–Crippen MR) is 86.1 cm³/mol. The molecular weight excluding hydrogens is 340 g/mol. The zero-order chi connectivity index (χ0) is 16.4. The highest BCUT2D eigenvalue weighted by Crippen LogP contribution is 2.34. The van der Waals surface area contributed by atoms with Gasteiger partial charge in [0.2, 0.25) is 0 Å². The van der Waals surface area contributed by atoms with Gasteiger partial charge in [-0.1, -0.05) is 17.7 Å². The molecule has 2 aromatic carbocycles. The highest BCUT2D eigenvalue weighted by atomic mass is 35.5. The Bertz CT molecular complexity index is 832. The minimum absolute atomic E-state index is 0.0145. The van der Waals surface area contributed by atoms with Crippen LogP contribution < -0.4 is 13.7 Å². The average Bonchev–Trinajstić information content (AvgIpc) is 2.75. The fraction of sp³-hybridized carbons (Fsp3) is 0.250. The van der Waals surface area contributed by atoms with Crippen LogP contribution in [0.2, 0.25) is 5.02 Å². The summed E-state index contributed by atoms with van der Waals surface area (Å²) in [6.45, 7) is 2.83. The van der Waals surface area contributed by atoms with E-state index in [0.717, 1.165) is 12.0 Å². The Morgan fingerprint density at radius 3 is 2.57 bits per heavy atom. The first-order chi connectivity index (χ1) is 11.0. The van der Waals surface area contributed by atoms with E-state index in [4.69, 9.17) is 25.3 Å². The van der Waals surface area contributed by atoms with E-state index in [1.807, 2.05) is 6.92 Å². The normalized spacial score (nSPS) is 14.2. The Labute approximate surface area is 139 Å². The lowest BCUT2D eigenvalue weighted by Gasteiger charge is -2.12. The first kappa shape index (κ1) is 16.0. The van der Waals surface area contributed by atoms with Crippen molar-refractivity contribution >= 4 is 21.7 Å². The van der Waals surface area contributed by atoms with E-state index in [1.165, 1.54) is 12.1 Å². The number of hydrogen-bond acceptors (Lipinski definition) is 5. The van der Waals surface area contributed by atoms with E-state index in [-0.39, 0.29) is 15.7 Å². The van der Waals surface area contributed by atoms with Gasteiger partial charge in [-0.15, -0.1) is 0 Å². The third-order valence-electron chi connectivity index (χ3n) is 3.29. The second-order valence-electron chi connectivity index (χ2n) is 5.13.